The fourth-order valence-corrected chi connectivity index (χ4v) is 4.16. The molecule has 1 aliphatic carbocycles. The maximum atomic E-state index is 12.8. The Morgan fingerprint density at radius 3 is 2.62 bits per heavy atom. The number of rotatable bonds is 6. The fraction of sp³-hybridized carbons (Fsp3) is 0.450. The molecule has 2 N–H and O–H groups in total. The predicted molar refractivity (Wildman–Crippen MR) is 105 cm³/mol. The Bertz CT molecular complexity index is 749. The number of hydrogen-bond donors (Lipinski definition) is 2. The molecule has 3 rings (SSSR count). The molecule has 1 heterocycles. The van der Waals surface area contributed by atoms with E-state index in [1.165, 1.54) is 11.3 Å². The largest absolute Gasteiger partial charge is 0.340 e. The third-order valence-corrected chi connectivity index (χ3v) is 5.97. The van der Waals surface area contributed by atoms with Crippen LogP contribution in [0.3, 0.4) is 0 Å². The van der Waals surface area contributed by atoms with E-state index in [1.54, 1.807) is 23.5 Å². The number of thiazole rings is 1. The highest BCUT2D eigenvalue weighted by Crippen LogP contribution is 2.29. The Balaban J connectivity index is 1.71. The van der Waals surface area contributed by atoms with Gasteiger partial charge in [0.15, 0.2) is 5.13 Å². The van der Waals surface area contributed by atoms with Crippen molar-refractivity contribution in [3.8, 4) is 0 Å². The molecule has 0 spiro atoms. The highest BCUT2D eigenvalue weighted by molar-refractivity contribution is 7.15. The smallest absolute Gasteiger partial charge is 0.251 e. The second kappa shape index (κ2) is 8.45. The highest BCUT2D eigenvalue weighted by atomic mass is 32.1. The number of fused-ring (bicyclic) bond motifs is 1. The van der Waals surface area contributed by atoms with E-state index >= 15 is 0 Å². The molecule has 26 heavy (non-hydrogen) atoms. The number of nitrogens with zero attached hydrogens (tertiary/aromatic N) is 1. The van der Waals surface area contributed by atoms with Crippen LogP contribution in [0.2, 0.25) is 0 Å². The molecule has 2 atom stereocenters. The van der Waals surface area contributed by atoms with Gasteiger partial charge >= 0.3 is 0 Å². The first-order chi connectivity index (χ1) is 12.6. The lowest BCUT2D eigenvalue weighted by atomic mass is 9.98. The molecule has 6 heteroatoms. The predicted octanol–water partition coefficient (Wildman–Crippen LogP) is 3.81. The summed E-state index contributed by atoms with van der Waals surface area (Å²) in [6, 6.07) is 8.39. The number of anilines is 1. The van der Waals surface area contributed by atoms with Crippen LogP contribution in [0.1, 0.15) is 54.0 Å². The van der Waals surface area contributed by atoms with Gasteiger partial charge in [-0.1, -0.05) is 38.5 Å². The molecule has 0 fully saturated rings. The van der Waals surface area contributed by atoms with Gasteiger partial charge in [-0.2, -0.15) is 0 Å². The Hall–Kier alpha value is -2.21. The average molecular weight is 372 g/mol. The topological polar surface area (TPSA) is 71.1 Å². The van der Waals surface area contributed by atoms with Crippen LogP contribution in [0.15, 0.2) is 30.3 Å². The summed E-state index contributed by atoms with van der Waals surface area (Å²) in [6.07, 6.45) is 5.17. The number of hydrogen-bond acceptors (Lipinski definition) is 4. The Labute approximate surface area is 158 Å². The number of benzene rings is 1. The Morgan fingerprint density at radius 2 is 1.92 bits per heavy atom. The van der Waals surface area contributed by atoms with Gasteiger partial charge in [0.2, 0.25) is 5.91 Å². The molecule has 5 nitrogen and oxygen atoms in total. The van der Waals surface area contributed by atoms with E-state index in [1.807, 2.05) is 32.0 Å². The third-order valence-electron chi connectivity index (χ3n) is 4.89. The van der Waals surface area contributed by atoms with Crippen LogP contribution >= 0.6 is 11.3 Å². The molecular weight excluding hydrogens is 346 g/mol. The van der Waals surface area contributed by atoms with Crippen molar-refractivity contribution in [1.82, 2.24) is 10.3 Å². The minimum Gasteiger partial charge on any atom is -0.340 e. The zero-order valence-corrected chi connectivity index (χ0v) is 16.1. The van der Waals surface area contributed by atoms with Crippen LogP contribution in [0.4, 0.5) is 5.13 Å². The minimum absolute atomic E-state index is 0.0252. The van der Waals surface area contributed by atoms with Gasteiger partial charge < -0.3 is 10.6 Å². The lowest BCUT2D eigenvalue weighted by molar-refractivity contribution is -0.119. The normalized spacial score (nSPS) is 15.6. The summed E-state index contributed by atoms with van der Waals surface area (Å²) >= 11 is 1.56. The molecule has 0 aliphatic heterocycles. The van der Waals surface area contributed by atoms with Crippen LogP contribution < -0.4 is 10.6 Å². The van der Waals surface area contributed by atoms with Gasteiger partial charge in [0, 0.05) is 10.4 Å². The first kappa shape index (κ1) is 18.6. The number of aryl methyl sites for hydroxylation is 2. The van der Waals surface area contributed by atoms with Gasteiger partial charge in [-0.05, 0) is 43.7 Å². The zero-order chi connectivity index (χ0) is 18.5. The van der Waals surface area contributed by atoms with Crippen LogP contribution in [-0.2, 0) is 17.6 Å². The van der Waals surface area contributed by atoms with Crippen molar-refractivity contribution < 1.29 is 9.59 Å². The summed E-state index contributed by atoms with van der Waals surface area (Å²) in [7, 11) is 0. The second-order valence-electron chi connectivity index (χ2n) is 6.79. The van der Waals surface area contributed by atoms with Gasteiger partial charge in [-0.15, -0.1) is 11.3 Å². The molecule has 0 radical (unpaired) electrons. The van der Waals surface area contributed by atoms with Crippen molar-refractivity contribution in [2.24, 2.45) is 5.92 Å². The lowest BCUT2D eigenvalue weighted by Crippen LogP contribution is -2.47. The zero-order valence-electron chi connectivity index (χ0n) is 15.2. The Morgan fingerprint density at radius 1 is 1.19 bits per heavy atom. The number of carbonyl (C=O) groups is 2. The minimum atomic E-state index is -0.589. The summed E-state index contributed by atoms with van der Waals surface area (Å²) in [5, 5.41) is 6.46. The van der Waals surface area contributed by atoms with E-state index in [0.29, 0.717) is 10.7 Å². The molecule has 1 aromatic carbocycles. The summed E-state index contributed by atoms with van der Waals surface area (Å²) < 4.78 is 0. The van der Waals surface area contributed by atoms with E-state index in [0.717, 1.165) is 31.4 Å². The molecule has 138 valence electrons. The SMILES string of the molecule is CCC(C)C(NC(=O)c1ccccc1)C(=O)Nc1nc2c(s1)CCCC2. The van der Waals surface area contributed by atoms with E-state index in [-0.39, 0.29) is 17.7 Å². The van der Waals surface area contributed by atoms with Gasteiger partial charge in [-0.25, -0.2) is 4.98 Å². The summed E-state index contributed by atoms with van der Waals surface area (Å²) in [6.45, 7) is 3.99. The average Bonchev–Trinajstić information content (AvgIpc) is 3.08. The number of nitrogens with one attached hydrogen (secondary N) is 2. The highest BCUT2D eigenvalue weighted by Gasteiger charge is 2.27. The van der Waals surface area contributed by atoms with Crippen molar-refractivity contribution in [3.05, 3.63) is 46.5 Å². The van der Waals surface area contributed by atoms with E-state index in [2.05, 4.69) is 15.6 Å². The van der Waals surface area contributed by atoms with E-state index in [9.17, 15) is 9.59 Å². The van der Waals surface area contributed by atoms with Crippen molar-refractivity contribution in [2.45, 2.75) is 52.0 Å². The first-order valence-corrected chi connectivity index (χ1v) is 10.1. The lowest BCUT2D eigenvalue weighted by Gasteiger charge is -2.23. The standard InChI is InChI=1S/C20H25N3O2S/c1-3-13(2)17(22-18(24)14-9-5-4-6-10-14)19(25)23-20-21-15-11-7-8-12-16(15)26-20/h4-6,9-10,13,17H,3,7-8,11-12H2,1-2H3,(H,22,24)(H,21,23,25). The third kappa shape index (κ3) is 4.30. The van der Waals surface area contributed by atoms with Crippen molar-refractivity contribution in [1.29, 1.82) is 0 Å². The summed E-state index contributed by atoms with van der Waals surface area (Å²) in [5.74, 6) is -0.406. The van der Waals surface area contributed by atoms with Crippen LogP contribution in [0, 0.1) is 5.92 Å². The molecule has 0 saturated heterocycles. The maximum absolute atomic E-state index is 12.8. The van der Waals surface area contributed by atoms with Crippen molar-refractivity contribution >= 4 is 28.3 Å². The summed E-state index contributed by atoms with van der Waals surface area (Å²) in [4.78, 5) is 31.2. The quantitative estimate of drug-likeness (QED) is 0.811. The van der Waals surface area contributed by atoms with E-state index < -0.39 is 6.04 Å². The maximum Gasteiger partial charge on any atom is 0.251 e. The van der Waals surface area contributed by atoms with Crippen LogP contribution in [0.25, 0.3) is 0 Å². The molecule has 2 unspecified atom stereocenters. The first-order valence-electron chi connectivity index (χ1n) is 9.23. The summed E-state index contributed by atoms with van der Waals surface area (Å²) in [5.41, 5.74) is 1.67. The number of amides is 2. The number of aromatic nitrogens is 1. The Kier molecular flexibility index (Phi) is 6.04. The molecule has 0 bridgehead atoms. The molecule has 2 amide bonds. The van der Waals surface area contributed by atoms with Gasteiger partial charge in [0.25, 0.3) is 5.91 Å². The van der Waals surface area contributed by atoms with Crippen molar-refractivity contribution in [2.75, 3.05) is 5.32 Å². The molecule has 1 aliphatic rings. The van der Waals surface area contributed by atoms with Crippen molar-refractivity contribution in [3.63, 3.8) is 0 Å². The molecule has 1 aromatic heterocycles. The van der Waals surface area contributed by atoms with Gasteiger partial charge in [-0.3, -0.25) is 9.59 Å². The molecule has 0 saturated carbocycles. The monoisotopic (exact) mass is 371 g/mol. The van der Waals surface area contributed by atoms with Gasteiger partial charge in [0.05, 0.1) is 5.69 Å². The van der Waals surface area contributed by atoms with Crippen LogP contribution in [0.5, 0.6) is 0 Å². The fourth-order valence-electron chi connectivity index (χ4n) is 3.10. The molecular formula is C20H25N3O2S. The molecule has 2 aromatic rings. The second-order valence-corrected chi connectivity index (χ2v) is 7.87. The van der Waals surface area contributed by atoms with Gasteiger partial charge in [0.1, 0.15) is 6.04 Å². The van der Waals surface area contributed by atoms with Crippen LogP contribution in [-0.4, -0.2) is 22.8 Å². The van der Waals surface area contributed by atoms with E-state index in [4.69, 9.17) is 0 Å². The number of carbonyl (C=O) groups excluding carboxylic acids is 2.